The summed E-state index contributed by atoms with van der Waals surface area (Å²) < 4.78 is 0. The highest BCUT2D eigenvalue weighted by atomic mass is 16.1. The highest BCUT2D eigenvalue weighted by Crippen LogP contribution is 2.02. The minimum Gasteiger partial charge on any atom is -0.328 e. The van der Waals surface area contributed by atoms with E-state index in [0.717, 1.165) is 19.3 Å². The van der Waals surface area contributed by atoms with Crippen LogP contribution in [0.25, 0.3) is 0 Å². The predicted octanol–water partition coefficient (Wildman–Crippen LogP) is 6.90. The SMILES string of the molecule is CCC.CCC.CCCCC(C)=O.CCCCC(N)CCC. The Labute approximate surface area is 142 Å². The summed E-state index contributed by atoms with van der Waals surface area (Å²) in [6.07, 6.45) is 11.6. The zero-order valence-electron chi connectivity index (χ0n) is 17.1. The van der Waals surface area contributed by atoms with Gasteiger partial charge in [-0.2, -0.15) is 0 Å². The lowest BCUT2D eigenvalue weighted by atomic mass is 10.1. The standard InChI is InChI=1S/C8H19N.C6H12O.2C3H8/c1-3-5-7-8(9)6-4-2;1-3-4-5-6(2)7;2*1-3-2/h8H,3-7,9H2,1-2H3;3-5H2,1-2H3;2*3H2,1-2H3. The summed E-state index contributed by atoms with van der Waals surface area (Å²) in [5, 5.41) is 0. The first-order valence-corrected chi connectivity index (χ1v) is 9.66. The molecule has 0 aliphatic rings. The van der Waals surface area contributed by atoms with E-state index < -0.39 is 0 Å². The van der Waals surface area contributed by atoms with Gasteiger partial charge in [-0.3, -0.25) is 0 Å². The van der Waals surface area contributed by atoms with Gasteiger partial charge in [-0.15, -0.1) is 0 Å². The van der Waals surface area contributed by atoms with Crippen LogP contribution >= 0.6 is 0 Å². The first kappa shape index (κ1) is 29.6. The molecule has 0 aliphatic carbocycles. The van der Waals surface area contributed by atoms with E-state index >= 15 is 0 Å². The second kappa shape index (κ2) is 32.5. The molecule has 2 N–H and O–H groups in total. The van der Waals surface area contributed by atoms with Crippen LogP contribution in [0, 0.1) is 0 Å². The molecule has 0 saturated carbocycles. The van der Waals surface area contributed by atoms with Gasteiger partial charge >= 0.3 is 0 Å². The van der Waals surface area contributed by atoms with Gasteiger partial charge in [0.2, 0.25) is 0 Å². The van der Waals surface area contributed by atoms with Crippen LogP contribution in [0.15, 0.2) is 0 Å². The minimum absolute atomic E-state index is 0.307. The maximum atomic E-state index is 10.2. The average Bonchev–Trinajstić information content (AvgIpc) is 2.45. The van der Waals surface area contributed by atoms with Crippen molar-refractivity contribution < 1.29 is 4.79 Å². The number of hydrogen-bond acceptors (Lipinski definition) is 2. The second-order valence-corrected chi connectivity index (χ2v) is 5.91. The molecule has 0 bridgehead atoms. The molecule has 0 aromatic heterocycles. The highest BCUT2D eigenvalue weighted by Gasteiger charge is 1.97. The molecule has 2 nitrogen and oxygen atoms in total. The van der Waals surface area contributed by atoms with Crippen molar-refractivity contribution in [3.8, 4) is 0 Å². The number of carbonyl (C=O) groups excluding carboxylic acids is 1. The van der Waals surface area contributed by atoms with Crippen molar-refractivity contribution in [2.75, 3.05) is 0 Å². The molecule has 22 heavy (non-hydrogen) atoms. The molecule has 0 fully saturated rings. The number of carbonyl (C=O) groups is 1. The summed E-state index contributed by atoms with van der Waals surface area (Å²) in [5.41, 5.74) is 5.77. The van der Waals surface area contributed by atoms with Crippen LogP contribution in [0.3, 0.4) is 0 Å². The number of nitrogens with two attached hydrogens (primary N) is 1. The first-order valence-electron chi connectivity index (χ1n) is 9.66. The summed E-state index contributed by atoms with van der Waals surface area (Å²) in [5.74, 6) is 0.307. The Morgan fingerprint density at radius 1 is 0.773 bits per heavy atom. The Kier molecular flexibility index (Phi) is 43.8. The lowest BCUT2D eigenvalue weighted by Crippen LogP contribution is -2.18. The normalized spacial score (nSPS) is 10.0. The summed E-state index contributed by atoms with van der Waals surface area (Å²) in [7, 11) is 0. The Hall–Kier alpha value is -0.370. The molecular formula is C20H47NO. The van der Waals surface area contributed by atoms with Crippen LogP contribution in [0.2, 0.25) is 0 Å². The third-order valence-corrected chi connectivity index (χ3v) is 2.47. The predicted molar refractivity (Wildman–Crippen MR) is 105 cm³/mol. The van der Waals surface area contributed by atoms with E-state index in [2.05, 4.69) is 48.5 Å². The van der Waals surface area contributed by atoms with Gasteiger partial charge in [-0.1, -0.05) is 87.0 Å². The maximum Gasteiger partial charge on any atom is 0.129 e. The summed E-state index contributed by atoms with van der Waals surface area (Å²) in [6.45, 7) is 16.6. The Bertz CT molecular complexity index is 167. The van der Waals surface area contributed by atoms with Gasteiger partial charge in [0.1, 0.15) is 5.78 Å². The molecule has 1 atom stereocenters. The zero-order valence-corrected chi connectivity index (χ0v) is 17.1. The lowest BCUT2D eigenvalue weighted by molar-refractivity contribution is -0.117. The number of unbranched alkanes of at least 4 members (excludes halogenated alkanes) is 2. The topological polar surface area (TPSA) is 43.1 Å². The Morgan fingerprint density at radius 2 is 1.18 bits per heavy atom. The number of ketones is 1. The molecular weight excluding hydrogens is 270 g/mol. The Balaban J connectivity index is -0.000000110. The van der Waals surface area contributed by atoms with Crippen LogP contribution in [-0.2, 0) is 4.79 Å². The second-order valence-electron chi connectivity index (χ2n) is 5.91. The first-order chi connectivity index (χ1) is 10.4. The van der Waals surface area contributed by atoms with Crippen LogP contribution in [0.4, 0.5) is 0 Å². The van der Waals surface area contributed by atoms with Crippen LogP contribution in [-0.4, -0.2) is 11.8 Å². The maximum absolute atomic E-state index is 10.2. The number of hydrogen-bond donors (Lipinski definition) is 1. The average molecular weight is 318 g/mol. The number of Topliss-reactive ketones (excluding diaryl/α,β-unsaturated/α-hetero) is 1. The van der Waals surface area contributed by atoms with Gasteiger partial charge in [-0.05, 0) is 26.2 Å². The smallest absolute Gasteiger partial charge is 0.129 e. The van der Waals surface area contributed by atoms with Crippen LogP contribution in [0.5, 0.6) is 0 Å². The van der Waals surface area contributed by atoms with E-state index in [0.29, 0.717) is 11.8 Å². The van der Waals surface area contributed by atoms with Gasteiger partial charge in [0, 0.05) is 12.5 Å². The van der Waals surface area contributed by atoms with Crippen molar-refractivity contribution in [2.24, 2.45) is 5.73 Å². The quantitative estimate of drug-likeness (QED) is 0.529. The fourth-order valence-electron chi connectivity index (χ4n) is 1.41. The van der Waals surface area contributed by atoms with E-state index in [1.807, 2.05) is 0 Å². The van der Waals surface area contributed by atoms with Crippen molar-refractivity contribution in [1.29, 1.82) is 0 Å². The Morgan fingerprint density at radius 3 is 1.41 bits per heavy atom. The van der Waals surface area contributed by atoms with Crippen molar-refractivity contribution >= 4 is 5.78 Å². The molecule has 138 valence electrons. The fourth-order valence-corrected chi connectivity index (χ4v) is 1.41. The summed E-state index contributed by atoms with van der Waals surface area (Å²) in [4.78, 5) is 10.2. The summed E-state index contributed by atoms with van der Waals surface area (Å²) in [6, 6.07) is 0.468. The molecule has 0 radical (unpaired) electrons. The molecule has 0 aliphatic heterocycles. The molecule has 0 saturated heterocycles. The minimum atomic E-state index is 0.307. The van der Waals surface area contributed by atoms with Gasteiger partial charge in [0.15, 0.2) is 0 Å². The summed E-state index contributed by atoms with van der Waals surface area (Å²) >= 11 is 0. The molecule has 2 heteroatoms. The van der Waals surface area contributed by atoms with Gasteiger partial charge < -0.3 is 10.5 Å². The van der Waals surface area contributed by atoms with E-state index in [1.54, 1.807) is 6.92 Å². The van der Waals surface area contributed by atoms with Gasteiger partial charge in [0.05, 0.1) is 0 Å². The van der Waals surface area contributed by atoms with E-state index in [4.69, 9.17) is 5.73 Å². The molecule has 0 spiro atoms. The molecule has 0 rings (SSSR count). The van der Waals surface area contributed by atoms with Crippen LogP contribution in [0.1, 0.15) is 120 Å². The van der Waals surface area contributed by atoms with Crippen molar-refractivity contribution in [2.45, 2.75) is 126 Å². The van der Waals surface area contributed by atoms with Gasteiger partial charge in [0.25, 0.3) is 0 Å². The molecule has 1 unspecified atom stereocenters. The van der Waals surface area contributed by atoms with Crippen LogP contribution < -0.4 is 5.73 Å². The number of rotatable bonds is 8. The van der Waals surface area contributed by atoms with Crippen molar-refractivity contribution in [3.05, 3.63) is 0 Å². The molecule has 0 heterocycles. The van der Waals surface area contributed by atoms with Gasteiger partial charge in [-0.25, -0.2) is 0 Å². The monoisotopic (exact) mass is 317 g/mol. The highest BCUT2D eigenvalue weighted by molar-refractivity contribution is 5.75. The molecule has 0 aromatic carbocycles. The third-order valence-electron chi connectivity index (χ3n) is 2.47. The largest absolute Gasteiger partial charge is 0.328 e. The van der Waals surface area contributed by atoms with Crippen molar-refractivity contribution in [3.63, 3.8) is 0 Å². The van der Waals surface area contributed by atoms with E-state index in [1.165, 1.54) is 44.9 Å². The zero-order chi connectivity index (χ0) is 18.2. The van der Waals surface area contributed by atoms with Crippen molar-refractivity contribution in [1.82, 2.24) is 0 Å². The van der Waals surface area contributed by atoms with E-state index in [-0.39, 0.29) is 0 Å². The fraction of sp³-hybridized carbons (Fsp3) is 0.950. The third kappa shape index (κ3) is 60.3. The molecule has 0 aromatic rings. The lowest BCUT2D eigenvalue weighted by Gasteiger charge is -2.07. The van der Waals surface area contributed by atoms with E-state index in [9.17, 15) is 4.79 Å². The molecule has 0 amide bonds.